The van der Waals surface area contributed by atoms with Crippen molar-refractivity contribution >= 4 is 17.8 Å². The Morgan fingerprint density at radius 1 is 1.38 bits per heavy atom. The molecule has 0 N–H and O–H groups in total. The van der Waals surface area contributed by atoms with Gasteiger partial charge < -0.3 is 4.74 Å². The molecule has 0 aliphatic carbocycles. The summed E-state index contributed by atoms with van der Waals surface area (Å²) >= 11 is 0. The first kappa shape index (κ1) is 14.5. The highest BCUT2D eigenvalue weighted by Gasteiger charge is 2.44. The molecule has 1 aliphatic rings. The van der Waals surface area contributed by atoms with Gasteiger partial charge in [-0.3, -0.25) is 14.5 Å². The fraction of sp³-hybridized carbons (Fsp3) is 0.200. The maximum atomic E-state index is 12.4. The van der Waals surface area contributed by atoms with Gasteiger partial charge in [-0.2, -0.15) is 5.26 Å². The number of nitrogens with zero attached hydrogens (tertiary/aromatic N) is 2. The van der Waals surface area contributed by atoms with E-state index in [2.05, 4.69) is 4.74 Å². The highest BCUT2D eigenvalue weighted by atomic mass is 16.5. The number of carbonyl (C=O) groups excluding carboxylic acids is 3. The normalized spacial score (nSPS) is 19.4. The number of esters is 1. The van der Waals surface area contributed by atoms with Crippen LogP contribution in [0.1, 0.15) is 16.8 Å². The maximum absolute atomic E-state index is 12.4. The minimum atomic E-state index is -1.03. The van der Waals surface area contributed by atoms with Crippen LogP contribution in [0.2, 0.25) is 0 Å². The molecule has 6 heteroatoms. The fourth-order valence-electron chi connectivity index (χ4n) is 2.16. The van der Waals surface area contributed by atoms with Crippen LogP contribution in [-0.2, 0) is 14.3 Å². The number of benzene rings is 1. The molecule has 1 aromatic rings. The summed E-state index contributed by atoms with van der Waals surface area (Å²) in [6, 6.07) is 8.87. The Bertz CT molecular complexity index is 658. The Hall–Kier alpha value is -2.94. The van der Waals surface area contributed by atoms with Gasteiger partial charge in [0.1, 0.15) is 6.04 Å². The molecule has 0 saturated carbocycles. The van der Waals surface area contributed by atoms with Gasteiger partial charge in [0, 0.05) is 23.6 Å². The average Bonchev–Trinajstić information content (AvgIpc) is 2.84. The summed E-state index contributed by atoms with van der Waals surface area (Å²) in [4.78, 5) is 37.3. The van der Waals surface area contributed by atoms with E-state index in [9.17, 15) is 14.4 Å². The van der Waals surface area contributed by atoms with Crippen LogP contribution < -0.4 is 0 Å². The summed E-state index contributed by atoms with van der Waals surface area (Å²) in [6.45, 7) is 0. The zero-order chi connectivity index (χ0) is 15.4. The molecule has 1 fully saturated rings. The number of allylic oxidation sites excluding steroid dienone is 1. The first-order valence-corrected chi connectivity index (χ1v) is 6.19. The zero-order valence-electron chi connectivity index (χ0n) is 11.3. The molecule has 0 aromatic heterocycles. The molecule has 0 bridgehead atoms. The Labute approximate surface area is 121 Å². The summed E-state index contributed by atoms with van der Waals surface area (Å²) in [7, 11) is 1.18. The number of methoxy groups -OCH3 is 1. The van der Waals surface area contributed by atoms with Crippen molar-refractivity contribution in [3.8, 4) is 6.07 Å². The van der Waals surface area contributed by atoms with Gasteiger partial charge in [0.25, 0.3) is 11.8 Å². The first-order chi connectivity index (χ1) is 10.1. The number of amides is 2. The van der Waals surface area contributed by atoms with E-state index in [0.29, 0.717) is 0 Å². The van der Waals surface area contributed by atoms with Gasteiger partial charge >= 0.3 is 5.97 Å². The van der Waals surface area contributed by atoms with Crippen LogP contribution in [0.15, 0.2) is 42.0 Å². The molecular weight excluding hydrogens is 272 g/mol. The smallest absolute Gasteiger partial charge is 0.329 e. The third kappa shape index (κ3) is 2.67. The second-order valence-electron chi connectivity index (χ2n) is 4.39. The third-order valence-corrected chi connectivity index (χ3v) is 3.17. The minimum Gasteiger partial charge on any atom is -0.467 e. The fourth-order valence-corrected chi connectivity index (χ4v) is 2.16. The van der Waals surface area contributed by atoms with Crippen molar-refractivity contribution in [3.63, 3.8) is 0 Å². The van der Waals surface area contributed by atoms with E-state index in [-0.39, 0.29) is 17.6 Å². The Morgan fingerprint density at radius 2 is 2.05 bits per heavy atom. The van der Waals surface area contributed by atoms with Crippen LogP contribution in [0.3, 0.4) is 0 Å². The highest BCUT2D eigenvalue weighted by molar-refractivity contribution is 6.14. The summed E-state index contributed by atoms with van der Waals surface area (Å²) in [6.07, 6.45) is 1.04. The van der Waals surface area contributed by atoms with Crippen molar-refractivity contribution in [3.05, 3.63) is 47.5 Å². The highest BCUT2D eigenvalue weighted by Crippen LogP contribution is 2.26. The van der Waals surface area contributed by atoms with Gasteiger partial charge in [-0.25, -0.2) is 4.79 Å². The lowest BCUT2D eigenvalue weighted by atomic mass is 10.1. The van der Waals surface area contributed by atoms with E-state index in [1.165, 1.54) is 7.11 Å². The topological polar surface area (TPSA) is 87.5 Å². The van der Waals surface area contributed by atoms with E-state index in [1.807, 2.05) is 0 Å². The van der Waals surface area contributed by atoms with Gasteiger partial charge in [-0.05, 0) is 12.1 Å². The molecule has 1 heterocycles. The van der Waals surface area contributed by atoms with Gasteiger partial charge in [-0.15, -0.1) is 0 Å². The molecule has 1 aliphatic heterocycles. The number of carbonyl (C=O) groups is 3. The molecule has 1 saturated heterocycles. The molecule has 0 spiro atoms. The molecule has 1 aromatic carbocycles. The lowest BCUT2D eigenvalue weighted by Gasteiger charge is -2.20. The number of hydrogen-bond donors (Lipinski definition) is 0. The lowest BCUT2D eigenvalue weighted by molar-refractivity contribution is -0.147. The van der Waals surface area contributed by atoms with Gasteiger partial charge in [0.15, 0.2) is 0 Å². The van der Waals surface area contributed by atoms with Gasteiger partial charge in [-0.1, -0.05) is 18.2 Å². The molecule has 106 valence electrons. The second-order valence-corrected chi connectivity index (χ2v) is 4.39. The van der Waals surface area contributed by atoms with Gasteiger partial charge in [0.05, 0.1) is 13.2 Å². The SMILES string of the molecule is COC(=O)[C@@H]1C/C(=C\C#N)C(=O)N1C(=O)c1ccccc1. The van der Waals surface area contributed by atoms with Crippen LogP contribution in [0, 0.1) is 11.3 Å². The predicted molar refractivity (Wildman–Crippen MR) is 71.7 cm³/mol. The number of ether oxygens (including phenoxy) is 1. The minimum absolute atomic E-state index is 0.0162. The summed E-state index contributed by atoms with van der Waals surface area (Å²) in [5.74, 6) is -1.91. The third-order valence-electron chi connectivity index (χ3n) is 3.17. The van der Waals surface area contributed by atoms with Crippen LogP contribution >= 0.6 is 0 Å². The number of nitriles is 1. The summed E-state index contributed by atoms with van der Waals surface area (Å²) < 4.78 is 4.63. The number of likely N-dealkylation sites (tertiary alicyclic amines) is 1. The van der Waals surface area contributed by atoms with Crippen LogP contribution in [0.25, 0.3) is 0 Å². The average molecular weight is 284 g/mol. The molecule has 0 unspecified atom stereocenters. The number of hydrogen-bond acceptors (Lipinski definition) is 5. The van der Waals surface area contributed by atoms with Crippen molar-refractivity contribution < 1.29 is 19.1 Å². The molecular formula is C15H12N2O4. The predicted octanol–water partition coefficient (Wildman–Crippen LogP) is 1.05. The largest absolute Gasteiger partial charge is 0.467 e. The van der Waals surface area contributed by atoms with Crippen molar-refractivity contribution in [1.29, 1.82) is 5.26 Å². The van der Waals surface area contributed by atoms with E-state index in [0.717, 1.165) is 11.0 Å². The van der Waals surface area contributed by atoms with Crippen LogP contribution in [-0.4, -0.2) is 35.8 Å². The van der Waals surface area contributed by atoms with E-state index >= 15 is 0 Å². The molecule has 1 atom stereocenters. The second kappa shape index (κ2) is 6.01. The van der Waals surface area contributed by atoms with Crippen molar-refractivity contribution in [2.75, 3.05) is 7.11 Å². The van der Waals surface area contributed by atoms with E-state index < -0.39 is 23.8 Å². The van der Waals surface area contributed by atoms with Gasteiger partial charge in [0.2, 0.25) is 0 Å². The molecule has 21 heavy (non-hydrogen) atoms. The standard InChI is InChI=1S/C15H12N2O4/c1-21-15(20)12-9-11(7-8-16)14(19)17(12)13(18)10-5-3-2-4-6-10/h2-7,12H,9H2,1H3/b11-7+/t12-/m0/s1. The van der Waals surface area contributed by atoms with E-state index in [1.54, 1.807) is 36.4 Å². The first-order valence-electron chi connectivity index (χ1n) is 6.19. The summed E-state index contributed by atoms with van der Waals surface area (Å²) in [5.41, 5.74) is 0.412. The summed E-state index contributed by atoms with van der Waals surface area (Å²) in [5, 5.41) is 8.67. The Balaban J connectivity index is 2.40. The quantitative estimate of drug-likeness (QED) is 0.350. The van der Waals surface area contributed by atoms with Crippen molar-refractivity contribution in [2.24, 2.45) is 0 Å². The van der Waals surface area contributed by atoms with E-state index in [4.69, 9.17) is 5.26 Å². The van der Waals surface area contributed by atoms with Crippen LogP contribution in [0.4, 0.5) is 0 Å². The molecule has 6 nitrogen and oxygen atoms in total. The number of imide groups is 1. The molecule has 2 amide bonds. The van der Waals surface area contributed by atoms with Crippen molar-refractivity contribution in [2.45, 2.75) is 12.5 Å². The zero-order valence-corrected chi connectivity index (χ0v) is 11.3. The molecule has 0 radical (unpaired) electrons. The van der Waals surface area contributed by atoms with Crippen molar-refractivity contribution in [1.82, 2.24) is 4.90 Å². The lowest BCUT2D eigenvalue weighted by Crippen LogP contribution is -2.43. The monoisotopic (exact) mass is 284 g/mol. The molecule has 2 rings (SSSR count). The Kier molecular flexibility index (Phi) is 4.14. The number of rotatable bonds is 2. The Morgan fingerprint density at radius 3 is 2.62 bits per heavy atom. The van der Waals surface area contributed by atoms with Crippen LogP contribution in [0.5, 0.6) is 0 Å². The maximum Gasteiger partial charge on any atom is 0.329 e.